The monoisotopic (exact) mass is 522 g/mol. The van der Waals surface area contributed by atoms with E-state index in [4.69, 9.17) is 0 Å². The Morgan fingerprint density at radius 2 is 1.68 bits per heavy atom. The molecule has 3 aromatic rings. The number of carbonyl (C=O) groups is 1. The summed E-state index contributed by atoms with van der Waals surface area (Å²) in [7, 11) is 0. The van der Waals surface area contributed by atoms with Gasteiger partial charge in [-0.25, -0.2) is 9.18 Å². The molecule has 1 aromatic heterocycles. The van der Waals surface area contributed by atoms with Gasteiger partial charge < -0.3 is 15.3 Å². The van der Waals surface area contributed by atoms with Crippen molar-refractivity contribution in [2.45, 2.75) is 76.4 Å². The Balaban J connectivity index is 1.55. The van der Waals surface area contributed by atoms with E-state index in [9.17, 15) is 19.5 Å². The highest BCUT2D eigenvalue weighted by molar-refractivity contribution is 5.82. The third-order valence-electron chi connectivity index (χ3n) is 7.95. The highest BCUT2D eigenvalue weighted by Gasteiger charge is 2.25. The van der Waals surface area contributed by atoms with Crippen LogP contribution in [0.3, 0.4) is 0 Å². The maximum Gasteiger partial charge on any atom is 0.331 e. The summed E-state index contributed by atoms with van der Waals surface area (Å²) in [5.74, 6) is -1.51. The number of aromatic nitrogens is 2. The fraction of sp³-hybridized carbons (Fsp3) is 0.483. The zero-order valence-corrected chi connectivity index (χ0v) is 21.6. The molecule has 0 spiro atoms. The van der Waals surface area contributed by atoms with Crippen molar-refractivity contribution in [2.24, 2.45) is 0 Å². The molecule has 0 bridgehead atoms. The molecule has 2 aliphatic carbocycles. The van der Waals surface area contributed by atoms with Gasteiger partial charge in [0.25, 0.3) is 5.56 Å². The molecular formula is C29H35FN4O4. The van der Waals surface area contributed by atoms with Gasteiger partial charge in [-0.05, 0) is 49.9 Å². The van der Waals surface area contributed by atoms with Crippen molar-refractivity contribution in [2.75, 3.05) is 23.3 Å². The van der Waals surface area contributed by atoms with Crippen molar-refractivity contribution in [3.63, 3.8) is 0 Å². The van der Waals surface area contributed by atoms with E-state index < -0.39 is 23.0 Å². The molecule has 2 N–H and O–H groups in total. The Bertz CT molecular complexity index is 1410. The second kappa shape index (κ2) is 11.4. The number of anilines is 2. The average molecular weight is 523 g/mol. The fourth-order valence-electron chi connectivity index (χ4n) is 6.01. The maximum absolute atomic E-state index is 15.3. The molecule has 202 valence electrons. The van der Waals surface area contributed by atoms with Gasteiger partial charge >= 0.3 is 11.7 Å². The largest absolute Gasteiger partial charge is 0.480 e. The minimum Gasteiger partial charge on any atom is -0.480 e. The summed E-state index contributed by atoms with van der Waals surface area (Å²) in [5.41, 5.74) is 0.515. The van der Waals surface area contributed by atoms with Crippen LogP contribution in [0.4, 0.5) is 15.8 Å². The quantitative estimate of drug-likeness (QED) is 0.421. The van der Waals surface area contributed by atoms with Crippen molar-refractivity contribution < 1.29 is 14.3 Å². The number of hydrogen-bond acceptors (Lipinski definition) is 5. The van der Waals surface area contributed by atoms with Gasteiger partial charge in [-0.15, -0.1) is 0 Å². The molecule has 0 atom stereocenters. The van der Waals surface area contributed by atoms with Gasteiger partial charge in [0, 0.05) is 30.9 Å². The maximum atomic E-state index is 15.3. The predicted molar refractivity (Wildman–Crippen MR) is 147 cm³/mol. The number of nitrogens with zero attached hydrogens (tertiary/aromatic N) is 3. The highest BCUT2D eigenvalue weighted by Crippen LogP contribution is 2.32. The molecule has 1 heterocycles. The second-order valence-corrected chi connectivity index (χ2v) is 10.5. The number of para-hydroxylation sites is 1. The minimum atomic E-state index is -1.01. The number of halogens is 1. The molecule has 2 fully saturated rings. The van der Waals surface area contributed by atoms with Gasteiger partial charge in [-0.3, -0.25) is 18.7 Å². The molecule has 0 amide bonds. The van der Waals surface area contributed by atoms with Crippen molar-refractivity contribution in [3.05, 3.63) is 69.1 Å². The minimum absolute atomic E-state index is 0.00774. The summed E-state index contributed by atoms with van der Waals surface area (Å²) in [6.07, 6.45) is 8.98. The second-order valence-electron chi connectivity index (χ2n) is 10.5. The summed E-state index contributed by atoms with van der Waals surface area (Å²) in [5, 5.41) is 12.9. The summed E-state index contributed by atoms with van der Waals surface area (Å²) < 4.78 is 18.1. The van der Waals surface area contributed by atoms with E-state index in [0.717, 1.165) is 55.9 Å². The van der Waals surface area contributed by atoms with E-state index in [1.807, 2.05) is 6.07 Å². The third-order valence-corrected chi connectivity index (χ3v) is 7.95. The van der Waals surface area contributed by atoms with E-state index in [0.29, 0.717) is 16.9 Å². The molecule has 9 heteroatoms. The topological polar surface area (TPSA) is 96.6 Å². The molecule has 2 aromatic carbocycles. The van der Waals surface area contributed by atoms with Crippen LogP contribution in [0.1, 0.15) is 63.8 Å². The van der Waals surface area contributed by atoms with Crippen molar-refractivity contribution >= 4 is 28.2 Å². The Labute approximate surface area is 220 Å². The molecule has 0 saturated heterocycles. The molecule has 2 saturated carbocycles. The lowest BCUT2D eigenvalue weighted by atomic mass is 9.95. The number of fused-ring (bicyclic) bond motifs is 1. The lowest BCUT2D eigenvalue weighted by molar-refractivity contribution is -0.135. The molecule has 2 aliphatic rings. The number of hydrogen-bond donors (Lipinski definition) is 2. The van der Waals surface area contributed by atoms with Crippen LogP contribution >= 0.6 is 0 Å². The lowest BCUT2D eigenvalue weighted by Gasteiger charge is -2.26. The van der Waals surface area contributed by atoms with Crippen molar-refractivity contribution in [1.29, 1.82) is 0 Å². The molecule has 5 rings (SSSR count). The van der Waals surface area contributed by atoms with Crippen LogP contribution in [-0.4, -0.2) is 39.3 Å². The summed E-state index contributed by atoms with van der Waals surface area (Å²) in [6.45, 7) is -0.133. The van der Waals surface area contributed by atoms with Crippen LogP contribution < -0.4 is 21.5 Å². The number of nitrogens with one attached hydrogen (secondary N) is 1. The highest BCUT2D eigenvalue weighted by atomic mass is 19.1. The molecule has 8 nitrogen and oxygen atoms in total. The SMILES string of the molecule is O=C(O)CN(CCn1c(=O)c2cc(F)c(NC3CCCCC3)cc2n(C2CCCC2)c1=O)c1ccccc1. The van der Waals surface area contributed by atoms with Gasteiger partial charge in [0.15, 0.2) is 0 Å². The molecule has 0 radical (unpaired) electrons. The van der Waals surface area contributed by atoms with Crippen molar-refractivity contribution in [1.82, 2.24) is 9.13 Å². The van der Waals surface area contributed by atoms with E-state index >= 15 is 4.39 Å². The first-order valence-electron chi connectivity index (χ1n) is 13.7. The van der Waals surface area contributed by atoms with E-state index in [-0.39, 0.29) is 37.1 Å². The molecule has 0 aliphatic heterocycles. The number of aliphatic carboxylic acids is 1. The normalized spacial score (nSPS) is 16.7. The van der Waals surface area contributed by atoms with Gasteiger partial charge in [0.1, 0.15) is 12.4 Å². The summed E-state index contributed by atoms with van der Waals surface area (Å²) >= 11 is 0. The summed E-state index contributed by atoms with van der Waals surface area (Å²) in [6, 6.07) is 12.1. The number of benzene rings is 2. The van der Waals surface area contributed by atoms with Crippen LogP contribution in [0.5, 0.6) is 0 Å². The fourth-order valence-corrected chi connectivity index (χ4v) is 6.01. The predicted octanol–water partition coefficient (Wildman–Crippen LogP) is 4.75. The Hall–Kier alpha value is -3.62. The van der Waals surface area contributed by atoms with Gasteiger partial charge in [-0.2, -0.15) is 0 Å². The van der Waals surface area contributed by atoms with Gasteiger partial charge in [0.05, 0.1) is 16.6 Å². The van der Waals surface area contributed by atoms with Gasteiger partial charge in [0.2, 0.25) is 0 Å². The molecular weight excluding hydrogens is 487 g/mol. The summed E-state index contributed by atoms with van der Waals surface area (Å²) in [4.78, 5) is 40.5. The van der Waals surface area contributed by atoms with Crippen LogP contribution in [0.15, 0.2) is 52.1 Å². The van der Waals surface area contributed by atoms with Gasteiger partial charge in [-0.1, -0.05) is 50.3 Å². The molecule has 0 unspecified atom stereocenters. The zero-order valence-electron chi connectivity index (χ0n) is 21.6. The van der Waals surface area contributed by atoms with Crippen LogP contribution in [0, 0.1) is 5.82 Å². The Morgan fingerprint density at radius 3 is 2.37 bits per heavy atom. The smallest absolute Gasteiger partial charge is 0.331 e. The van der Waals surface area contributed by atoms with Crippen LogP contribution in [0.2, 0.25) is 0 Å². The van der Waals surface area contributed by atoms with E-state index in [2.05, 4.69) is 5.32 Å². The number of carboxylic acid groups (broad SMARTS) is 1. The van der Waals surface area contributed by atoms with E-state index in [1.54, 1.807) is 39.8 Å². The first kappa shape index (κ1) is 26.0. The van der Waals surface area contributed by atoms with Crippen LogP contribution in [-0.2, 0) is 11.3 Å². The Kier molecular flexibility index (Phi) is 7.81. The number of carboxylic acids is 1. The number of rotatable bonds is 9. The Morgan fingerprint density at radius 1 is 1.00 bits per heavy atom. The third kappa shape index (κ3) is 5.47. The first-order valence-corrected chi connectivity index (χ1v) is 13.7. The van der Waals surface area contributed by atoms with Crippen LogP contribution in [0.25, 0.3) is 10.9 Å². The first-order chi connectivity index (χ1) is 18.4. The lowest BCUT2D eigenvalue weighted by Crippen LogP contribution is -2.44. The zero-order chi connectivity index (χ0) is 26.6. The molecule has 38 heavy (non-hydrogen) atoms. The standard InChI is InChI=1S/C29H35FN4O4/c30-24-17-23-26(18-25(24)31-20-9-3-1-4-10-20)34(22-13-7-8-14-22)29(38)33(28(23)37)16-15-32(19-27(35)36)21-11-5-2-6-12-21/h2,5-6,11-12,17-18,20,22,31H,1,3-4,7-10,13-16,19H2,(H,35,36). The van der Waals surface area contributed by atoms with Crippen molar-refractivity contribution in [3.8, 4) is 0 Å². The average Bonchev–Trinajstić information content (AvgIpc) is 3.44. The van der Waals surface area contributed by atoms with E-state index in [1.165, 1.54) is 12.5 Å².